The van der Waals surface area contributed by atoms with Gasteiger partial charge in [0.25, 0.3) is 0 Å². The summed E-state index contributed by atoms with van der Waals surface area (Å²) < 4.78 is 5.34. The van der Waals surface area contributed by atoms with Gasteiger partial charge in [0.2, 0.25) is 0 Å². The number of aliphatic hydroxyl groups excluding tert-OH is 1. The molecule has 1 fully saturated rings. The van der Waals surface area contributed by atoms with Crippen molar-refractivity contribution in [2.24, 2.45) is 5.41 Å². The third-order valence-corrected chi connectivity index (χ3v) is 3.12. The van der Waals surface area contributed by atoms with E-state index >= 15 is 0 Å². The molecule has 1 heterocycles. The molecule has 0 aromatic carbocycles. The first-order valence-corrected chi connectivity index (χ1v) is 5.55. The van der Waals surface area contributed by atoms with Crippen LogP contribution < -0.4 is 5.32 Å². The smallest absolute Gasteiger partial charge is 0.105 e. The molecular formula is C11H23NO3. The molecule has 4 heteroatoms. The van der Waals surface area contributed by atoms with E-state index in [0.717, 1.165) is 0 Å². The summed E-state index contributed by atoms with van der Waals surface area (Å²) in [5, 5.41) is 22.5. The average molecular weight is 217 g/mol. The molecule has 3 N–H and O–H groups in total. The predicted octanol–water partition coefficient (Wildman–Crippen LogP) is 0.134. The van der Waals surface area contributed by atoms with Crippen molar-refractivity contribution in [2.45, 2.75) is 38.9 Å². The van der Waals surface area contributed by atoms with E-state index in [9.17, 15) is 5.11 Å². The summed E-state index contributed by atoms with van der Waals surface area (Å²) in [4.78, 5) is 0. The molecule has 15 heavy (non-hydrogen) atoms. The molecule has 1 saturated heterocycles. The molecule has 0 saturated carbocycles. The lowest BCUT2D eigenvalue weighted by Gasteiger charge is -2.29. The summed E-state index contributed by atoms with van der Waals surface area (Å²) in [5.41, 5.74) is -0.884. The van der Waals surface area contributed by atoms with Crippen LogP contribution in [-0.2, 0) is 4.74 Å². The normalized spacial score (nSPS) is 32.2. The van der Waals surface area contributed by atoms with Crippen molar-refractivity contribution in [1.29, 1.82) is 0 Å². The molecule has 0 radical (unpaired) electrons. The van der Waals surface area contributed by atoms with Crippen LogP contribution in [0.4, 0.5) is 0 Å². The zero-order valence-electron chi connectivity index (χ0n) is 9.92. The summed E-state index contributed by atoms with van der Waals surface area (Å²) >= 11 is 0. The Balaban J connectivity index is 2.31. The van der Waals surface area contributed by atoms with Crippen LogP contribution >= 0.6 is 0 Å². The van der Waals surface area contributed by atoms with Gasteiger partial charge in [-0.25, -0.2) is 0 Å². The molecule has 0 aromatic heterocycles. The maximum absolute atomic E-state index is 10.2. The molecule has 0 aliphatic carbocycles. The summed E-state index contributed by atoms with van der Waals surface area (Å²) in [7, 11) is 0. The largest absolute Gasteiger partial charge is 0.396 e. The van der Waals surface area contributed by atoms with Crippen molar-refractivity contribution in [2.75, 3.05) is 26.3 Å². The van der Waals surface area contributed by atoms with Crippen molar-refractivity contribution in [3.63, 3.8) is 0 Å². The van der Waals surface area contributed by atoms with Gasteiger partial charge in [0.1, 0.15) is 5.60 Å². The van der Waals surface area contributed by atoms with E-state index in [1.807, 2.05) is 20.8 Å². The molecule has 1 aliphatic heterocycles. The van der Waals surface area contributed by atoms with Gasteiger partial charge in [0.05, 0.1) is 6.10 Å². The van der Waals surface area contributed by atoms with Gasteiger partial charge in [-0.1, -0.05) is 13.8 Å². The van der Waals surface area contributed by atoms with Crippen LogP contribution in [0.3, 0.4) is 0 Å². The molecule has 2 unspecified atom stereocenters. The lowest BCUT2D eigenvalue weighted by molar-refractivity contribution is -0.0277. The molecule has 0 bridgehead atoms. The fourth-order valence-corrected chi connectivity index (χ4v) is 1.68. The highest BCUT2D eigenvalue weighted by Crippen LogP contribution is 2.25. The Bertz CT molecular complexity index is 208. The van der Waals surface area contributed by atoms with Gasteiger partial charge in [-0.2, -0.15) is 0 Å². The third-order valence-electron chi connectivity index (χ3n) is 3.12. The third kappa shape index (κ3) is 3.41. The number of hydrogen-bond donors (Lipinski definition) is 3. The molecule has 0 spiro atoms. The van der Waals surface area contributed by atoms with E-state index in [1.54, 1.807) is 0 Å². The molecule has 90 valence electrons. The first kappa shape index (κ1) is 12.9. The summed E-state index contributed by atoms with van der Waals surface area (Å²) in [6.45, 7) is 7.85. The zero-order chi connectivity index (χ0) is 11.5. The standard InChI is InChI=1S/C11H23NO3/c1-9-11(14,4-5-15-9)7-12-6-10(2,3)8-13/h9,12-14H,4-8H2,1-3H3. The zero-order valence-corrected chi connectivity index (χ0v) is 9.92. The maximum atomic E-state index is 10.2. The molecule has 1 aliphatic rings. The Morgan fingerprint density at radius 1 is 1.53 bits per heavy atom. The Morgan fingerprint density at radius 3 is 2.67 bits per heavy atom. The highest BCUT2D eigenvalue weighted by molar-refractivity contribution is 4.92. The van der Waals surface area contributed by atoms with Crippen molar-refractivity contribution >= 4 is 0 Å². The van der Waals surface area contributed by atoms with Crippen molar-refractivity contribution in [3.05, 3.63) is 0 Å². The average Bonchev–Trinajstić information content (AvgIpc) is 2.47. The minimum absolute atomic E-state index is 0.109. The minimum atomic E-state index is -0.745. The number of hydrogen-bond acceptors (Lipinski definition) is 4. The van der Waals surface area contributed by atoms with Crippen molar-refractivity contribution in [3.8, 4) is 0 Å². The molecule has 1 rings (SSSR count). The first-order valence-electron chi connectivity index (χ1n) is 5.55. The van der Waals surface area contributed by atoms with Crippen molar-refractivity contribution < 1.29 is 14.9 Å². The van der Waals surface area contributed by atoms with Gasteiger partial charge in [-0.3, -0.25) is 0 Å². The fraction of sp³-hybridized carbons (Fsp3) is 1.00. The number of nitrogens with one attached hydrogen (secondary N) is 1. The van der Waals surface area contributed by atoms with E-state index < -0.39 is 5.60 Å². The summed E-state index contributed by atoms with van der Waals surface area (Å²) in [5.74, 6) is 0. The van der Waals surface area contributed by atoms with Gasteiger partial charge >= 0.3 is 0 Å². The number of aliphatic hydroxyl groups is 2. The van der Waals surface area contributed by atoms with Crippen LogP contribution in [0.5, 0.6) is 0 Å². The van der Waals surface area contributed by atoms with Crippen LogP contribution in [0.1, 0.15) is 27.2 Å². The fourth-order valence-electron chi connectivity index (χ4n) is 1.68. The molecule has 0 aromatic rings. The molecule has 2 atom stereocenters. The summed E-state index contributed by atoms with van der Waals surface area (Å²) in [6.07, 6.45) is 0.572. The topological polar surface area (TPSA) is 61.7 Å². The summed E-state index contributed by atoms with van der Waals surface area (Å²) in [6, 6.07) is 0. The Morgan fingerprint density at radius 2 is 2.20 bits per heavy atom. The SMILES string of the molecule is CC1OCCC1(O)CNCC(C)(C)CO. The lowest BCUT2D eigenvalue weighted by Crippen LogP contribution is -2.48. The maximum Gasteiger partial charge on any atom is 0.105 e. The Kier molecular flexibility index (Phi) is 4.12. The van der Waals surface area contributed by atoms with Gasteiger partial charge in [0, 0.05) is 38.1 Å². The highest BCUT2D eigenvalue weighted by atomic mass is 16.5. The second-order valence-electron chi connectivity index (χ2n) is 5.29. The van der Waals surface area contributed by atoms with Gasteiger partial charge < -0.3 is 20.3 Å². The van der Waals surface area contributed by atoms with Crippen LogP contribution in [0.25, 0.3) is 0 Å². The van der Waals surface area contributed by atoms with E-state index in [1.165, 1.54) is 0 Å². The van der Waals surface area contributed by atoms with Crippen molar-refractivity contribution in [1.82, 2.24) is 5.32 Å². The quantitative estimate of drug-likeness (QED) is 0.613. The predicted molar refractivity (Wildman–Crippen MR) is 58.7 cm³/mol. The first-order chi connectivity index (χ1) is 6.90. The van der Waals surface area contributed by atoms with Crippen LogP contribution in [0.2, 0.25) is 0 Å². The number of ether oxygens (including phenoxy) is 1. The second kappa shape index (κ2) is 4.78. The Hall–Kier alpha value is -0.160. The van der Waals surface area contributed by atoms with Crippen LogP contribution in [-0.4, -0.2) is 48.2 Å². The highest BCUT2D eigenvalue weighted by Gasteiger charge is 2.39. The second-order valence-corrected chi connectivity index (χ2v) is 5.29. The molecule has 4 nitrogen and oxygen atoms in total. The monoisotopic (exact) mass is 217 g/mol. The molecular weight excluding hydrogens is 194 g/mol. The number of rotatable bonds is 5. The van der Waals surface area contributed by atoms with Gasteiger partial charge in [0.15, 0.2) is 0 Å². The van der Waals surface area contributed by atoms with E-state index in [2.05, 4.69) is 5.32 Å². The lowest BCUT2D eigenvalue weighted by atomic mass is 9.93. The molecule has 0 amide bonds. The van der Waals surface area contributed by atoms with Gasteiger partial charge in [-0.05, 0) is 6.92 Å². The van der Waals surface area contributed by atoms with Gasteiger partial charge in [-0.15, -0.1) is 0 Å². The Labute approximate surface area is 91.6 Å². The minimum Gasteiger partial charge on any atom is -0.396 e. The van der Waals surface area contributed by atoms with E-state index in [4.69, 9.17) is 9.84 Å². The van der Waals surface area contributed by atoms with E-state index in [0.29, 0.717) is 26.1 Å². The van der Waals surface area contributed by atoms with Crippen LogP contribution in [0, 0.1) is 5.41 Å². The van der Waals surface area contributed by atoms with E-state index in [-0.39, 0.29) is 18.1 Å². The van der Waals surface area contributed by atoms with Crippen LogP contribution in [0.15, 0.2) is 0 Å².